The third-order valence-corrected chi connectivity index (χ3v) is 5.82. The van der Waals surface area contributed by atoms with E-state index in [1.807, 2.05) is 32.6 Å². The lowest BCUT2D eigenvalue weighted by Crippen LogP contribution is -2.40. The van der Waals surface area contributed by atoms with Crippen LogP contribution in [0, 0.1) is 23.2 Å². The minimum atomic E-state index is -0.426. The van der Waals surface area contributed by atoms with Crippen molar-refractivity contribution in [3.8, 4) is 0 Å². The Kier molecular flexibility index (Phi) is 4.56. The van der Waals surface area contributed by atoms with Crippen LogP contribution in [0.15, 0.2) is 0 Å². The average Bonchev–Trinajstić information content (AvgIpc) is 2.91. The van der Waals surface area contributed by atoms with Gasteiger partial charge in [0, 0.05) is 19.5 Å². The summed E-state index contributed by atoms with van der Waals surface area (Å²) in [4.78, 5) is 25.7. The smallest absolute Gasteiger partial charge is 0.410 e. The zero-order valence-corrected chi connectivity index (χ0v) is 15.5. The highest BCUT2D eigenvalue weighted by molar-refractivity contribution is 5.70. The molecule has 136 valence electrons. The highest BCUT2D eigenvalue weighted by atomic mass is 16.6. The van der Waals surface area contributed by atoms with Crippen LogP contribution in [0.3, 0.4) is 0 Å². The van der Waals surface area contributed by atoms with E-state index in [9.17, 15) is 9.59 Å². The topological polar surface area (TPSA) is 55.8 Å². The normalized spacial score (nSPS) is 34.8. The molecule has 2 saturated carbocycles. The summed E-state index contributed by atoms with van der Waals surface area (Å²) in [6.07, 6.45) is 5.14. The zero-order chi connectivity index (χ0) is 17.5. The SMILES string of the molecule is CCOC(=O)CC1CC2(C1)CC1CN(C(=O)OC(C)(C)C)CC1C2. The Bertz CT molecular complexity index is 488. The van der Waals surface area contributed by atoms with Crippen LogP contribution in [0.1, 0.15) is 59.8 Å². The number of amides is 1. The summed E-state index contributed by atoms with van der Waals surface area (Å²) < 4.78 is 10.6. The summed E-state index contributed by atoms with van der Waals surface area (Å²) in [6, 6.07) is 0. The standard InChI is InChI=1S/C19H31NO4/c1-5-23-16(21)6-13-7-19(8-13)9-14-11-20(12-15(14)10-19)17(22)24-18(2,3)4/h13-15H,5-12H2,1-4H3. The number of hydrogen-bond acceptors (Lipinski definition) is 4. The van der Waals surface area contributed by atoms with Crippen LogP contribution in [-0.2, 0) is 14.3 Å². The molecule has 0 bridgehead atoms. The number of ether oxygens (including phenoxy) is 2. The molecule has 5 heteroatoms. The fourth-order valence-corrected chi connectivity index (χ4v) is 5.17. The van der Waals surface area contributed by atoms with E-state index >= 15 is 0 Å². The van der Waals surface area contributed by atoms with Crippen molar-refractivity contribution in [3.05, 3.63) is 0 Å². The van der Waals surface area contributed by atoms with Crippen molar-refractivity contribution in [1.82, 2.24) is 4.90 Å². The third-order valence-electron chi connectivity index (χ3n) is 5.82. The first-order valence-electron chi connectivity index (χ1n) is 9.33. The summed E-state index contributed by atoms with van der Waals surface area (Å²) in [5.74, 6) is 1.68. The lowest BCUT2D eigenvalue weighted by atomic mass is 9.59. The Morgan fingerprint density at radius 2 is 1.67 bits per heavy atom. The van der Waals surface area contributed by atoms with Crippen LogP contribution in [-0.4, -0.2) is 42.3 Å². The van der Waals surface area contributed by atoms with Gasteiger partial charge in [-0.3, -0.25) is 4.79 Å². The molecule has 24 heavy (non-hydrogen) atoms. The molecule has 5 nitrogen and oxygen atoms in total. The predicted molar refractivity (Wildman–Crippen MR) is 90.4 cm³/mol. The van der Waals surface area contributed by atoms with Gasteiger partial charge in [-0.15, -0.1) is 0 Å². The van der Waals surface area contributed by atoms with E-state index < -0.39 is 5.60 Å². The summed E-state index contributed by atoms with van der Waals surface area (Å²) >= 11 is 0. The van der Waals surface area contributed by atoms with Crippen LogP contribution < -0.4 is 0 Å². The van der Waals surface area contributed by atoms with Gasteiger partial charge in [0.15, 0.2) is 0 Å². The molecule has 1 aliphatic heterocycles. The number of carbonyl (C=O) groups is 2. The summed E-state index contributed by atoms with van der Waals surface area (Å²) in [6.45, 7) is 9.74. The molecule has 2 atom stereocenters. The number of esters is 1. The van der Waals surface area contributed by atoms with Crippen LogP contribution in [0.4, 0.5) is 4.79 Å². The van der Waals surface area contributed by atoms with Crippen LogP contribution in [0.25, 0.3) is 0 Å². The summed E-state index contributed by atoms with van der Waals surface area (Å²) in [5.41, 5.74) is 0.0107. The molecular formula is C19H31NO4. The molecule has 3 rings (SSSR count). The number of rotatable bonds is 3. The van der Waals surface area contributed by atoms with Gasteiger partial charge < -0.3 is 14.4 Å². The fraction of sp³-hybridized carbons (Fsp3) is 0.895. The highest BCUT2D eigenvalue weighted by Crippen LogP contribution is 2.61. The van der Waals surface area contributed by atoms with Crippen molar-refractivity contribution in [3.63, 3.8) is 0 Å². The maximum Gasteiger partial charge on any atom is 0.410 e. The first kappa shape index (κ1) is 17.6. The summed E-state index contributed by atoms with van der Waals surface area (Å²) in [5, 5.41) is 0. The second-order valence-corrected chi connectivity index (χ2v) is 9.10. The molecule has 0 N–H and O–H groups in total. The van der Waals surface area contributed by atoms with Gasteiger partial charge in [-0.25, -0.2) is 4.79 Å². The number of fused-ring (bicyclic) bond motifs is 1. The summed E-state index contributed by atoms with van der Waals surface area (Å²) in [7, 11) is 0. The van der Waals surface area contributed by atoms with Crippen molar-refractivity contribution in [2.24, 2.45) is 23.2 Å². The minimum Gasteiger partial charge on any atom is -0.466 e. The molecule has 0 radical (unpaired) electrons. The van der Waals surface area contributed by atoms with Gasteiger partial charge in [0.1, 0.15) is 5.60 Å². The largest absolute Gasteiger partial charge is 0.466 e. The van der Waals surface area contributed by atoms with Crippen molar-refractivity contribution in [1.29, 1.82) is 0 Å². The van der Waals surface area contributed by atoms with Gasteiger partial charge in [-0.1, -0.05) is 0 Å². The maximum atomic E-state index is 12.2. The maximum absolute atomic E-state index is 12.2. The molecule has 1 spiro atoms. The van der Waals surface area contributed by atoms with Gasteiger partial charge in [0.05, 0.1) is 6.61 Å². The zero-order valence-electron chi connectivity index (χ0n) is 15.5. The Morgan fingerprint density at radius 3 is 2.17 bits per heavy atom. The van der Waals surface area contributed by atoms with E-state index in [0.717, 1.165) is 25.9 Å². The van der Waals surface area contributed by atoms with E-state index in [4.69, 9.17) is 9.47 Å². The lowest BCUT2D eigenvalue weighted by molar-refractivity contribution is -0.146. The Labute approximate surface area is 145 Å². The lowest BCUT2D eigenvalue weighted by Gasteiger charge is -2.46. The molecule has 0 aromatic heterocycles. The minimum absolute atomic E-state index is 0.0494. The van der Waals surface area contributed by atoms with Crippen molar-refractivity contribution >= 4 is 12.1 Å². The number of nitrogens with zero attached hydrogens (tertiary/aromatic N) is 1. The fourth-order valence-electron chi connectivity index (χ4n) is 5.17. The Hall–Kier alpha value is -1.26. The number of hydrogen-bond donors (Lipinski definition) is 0. The second kappa shape index (κ2) is 6.23. The van der Waals surface area contributed by atoms with Crippen molar-refractivity contribution in [2.75, 3.05) is 19.7 Å². The van der Waals surface area contributed by atoms with E-state index in [2.05, 4.69) is 0 Å². The molecule has 2 aliphatic carbocycles. The quantitative estimate of drug-likeness (QED) is 0.738. The van der Waals surface area contributed by atoms with Gasteiger partial charge in [-0.2, -0.15) is 0 Å². The molecule has 3 aliphatic rings. The van der Waals surface area contributed by atoms with Gasteiger partial charge in [-0.05, 0) is 76.5 Å². The van der Waals surface area contributed by atoms with E-state index in [0.29, 0.717) is 36.2 Å². The average molecular weight is 337 g/mol. The van der Waals surface area contributed by atoms with Gasteiger partial charge in [0.25, 0.3) is 0 Å². The predicted octanol–water partition coefficient (Wildman–Crippen LogP) is 3.61. The first-order valence-corrected chi connectivity index (χ1v) is 9.33. The van der Waals surface area contributed by atoms with E-state index in [1.165, 1.54) is 12.8 Å². The van der Waals surface area contributed by atoms with E-state index in [1.54, 1.807) is 0 Å². The highest BCUT2D eigenvalue weighted by Gasteiger charge is 2.55. The molecular weight excluding hydrogens is 306 g/mol. The molecule has 1 heterocycles. The second-order valence-electron chi connectivity index (χ2n) is 9.10. The molecule has 2 unspecified atom stereocenters. The van der Waals surface area contributed by atoms with E-state index in [-0.39, 0.29) is 12.1 Å². The molecule has 3 fully saturated rings. The van der Waals surface area contributed by atoms with Crippen LogP contribution in [0.2, 0.25) is 0 Å². The molecule has 1 saturated heterocycles. The monoisotopic (exact) mass is 337 g/mol. The number of carbonyl (C=O) groups excluding carboxylic acids is 2. The first-order chi connectivity index (χ1) is 11.2. The molecule has 0 aromatic carbocycles. The van der Waals surface area contributed by atoms with Crippen LogP contribution in [0.5, 0.6) is 0 Å². The molecule has 1 amide bonds. The number of likely N-dealkylation sites (tertiary alicyclic amines) is 1. The Morgan fingerprint density at radius 1 is 1.08 bits per heavy atom. The van der Waals surface area contributed by atoms with Crippen molar-refractivity contribution in [2.45, 2.75) is 65.4 Å². The molecule has 0 aromatic rings. The third kappa shape index (κ3) is 3.70. The van der Waals surface area contributed by atoms with Gasteiger partial charge in [0.2, 0.25) is 0 Å². The van der Waals surface area contributed by atoms with Crippen molar-refractivity contribution < 1.29 is 19.1 Å². The van der Waals surface area contributed by atoms with Gasteiger partial charge >= 0.3 is 12.1 Å². The van der Waals surface area contributed by atoms with Crippen LogP contribution >= 0.6 is 0 Å². The Balaban J connectivity index is 1.45.